The van der Waals surface area contributed by atoms with Gasteiger partial charge in [-0.3, -0.25) is 18.6 Å². The lowest BCUT2D eigenvalue weighted by molar-refractivity contribution is -0.870. The number of ether oxygens (including phenoxy) is 3. The summed E-state index contributed by atoms with van der Waals surface area (Å²) in [6.07, 6.45) is 20.0. The van der Waals surface area contributed by atoms with Crippen LogP contribution in [0.15, 0.2) is 0 Å². The smallest absolute Gasteiger partial charge is 0.462 e. The summed E-state index contributed by atoms with van der Waals surface area (Å²) in [4.78, 5) is 34.9. The third-order valence-corrected chi connectivity index (χ3v) is 8.37. The van der Waals surface area contributed by atoms with Crippen LogP contribution in [0.4, 0.5) is 0 Å². The molecule has 0 heterocycles. The normalized spacial score (nSPS) is 13.9. The molecule has 0 radical (unpaired) electrons. The zero-order chi connectivity index (χ0) is 32.9. The Hall–Kier alpha value is -1.03. The van der Waals surface area contributed by atoms with Gasteiger partial charge < -0.3 is 23.6 Å². The Balaban J connectivity index is 4.39. The summed E-state index contributed by atoms with van der Waals surface area (Å²) in [6, 6.07) is 0. The van der Waals surface area contributed by atoms with Crippen molar-refractivity contribution >= 4 is 19.8 Å². The van der Waals surface area contributed by atoms with Crippen molar-refractivity contribution in [2.75, 3.05) is 61.2 Å². The van der Waals surface area contributed by atoms with Crippen molar-refractivity contribution in [2.24, 2.45) is 0 Å². The van der Waals surface area contributed by atoms with Gasteiger partial charge in [0.05, 0.1) is 27.7 Å². The number of likely N-dealkylation sites (N-methyl/N-ethyl adjacent to an activating group) is 1. The highest BCUT2D eigenvalue weighted by molar-refractivity contribution is 7.47. The van der Waals surface area contributed by atoms with Crippen molar-refractivity contribution in [3.63, 3.8) is 0 Å². The van der Waals surface area contributed by atoms with Crippen molar-refractivity contribution in [3.8, 4) is 0 Å². The molecule has 11 heteroatoms. The number of phosphoric ester groups is 1. The predicted octanol–water partition coefficient (Wildman–Crippen LogP) is 7.75. The first-order valence-corrected chi connectivity index (χ1v) is 18.7. The van der Waals surface area contributed by atoms with E-state index >= 15 is 0 Å². The van der Waals surface area contributed by atoms with E-state index < -0.39 is 26.5 Å². The highest BCUT2D eigenvalue weighted by Crippen LogP contribution is 2.43. The monoisotopic (exact) mass is 652 g/mol. The molecule has 0 aliphatic carbocycles. The highest BCUT2D eigenvalue weighted by Gasteiger charge is 2.27. The number of hydrogen-bond acceptors (Lipinski definition) is 8. The molecule has 262 valence electrons. The summed E-state index contributed by atoms with van der Waals surface area (Å²) in [5, 5.41) is 0. The predicted molar refractivity (Wildman–Crippen MR) is 175 cm³/mol. The van der Waals surface area contributed by atoms with Crippen LogP contribution in [0.5, 0.6) is 0 Å². The third kappa shape index (κ3) is 31.0. The van der Waals surface area contributed by atoms with Gasteiger partial charge in [-0.25, -0.2) is 4.57 Å². The largest absolute Gasteiger partial charge is 0.472 e. The summed E-state index contributed by atoms with van der Waals surface area (Å²) in [6.45, 7) is 2.87. The average molecular weight is 653 g/mol. The number of carbonyl (C=O) groups is 2. The van der Waals surface area contributed by atoms with E-state index in [9.17, 15) is 19.0 Å². The molecule has 0 saturated heterocycles. The van der Waals surface area contributed by atoms with Crippen molar-refractivity contribution in [2.45, 2.75) is 141 Å². The summed E-state index contributed by atoms with van der Waals surface area (Å²) in [5.74, 6) is -0.835. The molecule has 0 saturated carbocycles. The molecule has 10 nitrogen and oxygen atoms in total. The van der Waals surface area contributed by atoms with Gasteiger partial charge in [-0.2, -0.15) is 0 Å². The van der Waals surface area contributed by atoms with Gasteiger partial charge in [-0.15, -0.1) is 0 Å². The fraction of sp³-hybridized carbons (Fsp3) is 0.939. The minimum atomic E-state index is -4.36. The van der Waals surface area contributed by atoms with Gasteiger partial charge in [0, 0.05) is 26.6 Å². The molecule has 0 rings (SSSR count). The number of nitrogens with zero attached hydrogens (tertiary/aromatic N) is 1. The van der Waals surface area contributed by atoms with Gasteiger partial charge in [0.1, 0.15) is 19.8 Å². The molecule has 1 N–H and O–H groups in total. The van der Waals surface area contributed by atoms with E-state index in [0.717, 1.165) is 51.6 Å². The van der Waals surface area contributed by atoms with E-state index in [0.29, 0.717) is 17.4 Å². The van der Waals surface area contributed by atoms with E-state index in [-0.39, 0.29) is 32.0 Å². The topological polar surface area (TPSA) is 118 Å². The van der Waals surface area contributed by atoms with Crippen LogP contribution < -0.4 is 0 Å². The van der Waals surface area contributed by atoms with Gasteiger partial charge in [0.15, 0.2) is 6.10 Å². The second-order valence-electron chi connectivity index (χ2n) is 12.9. The quantitative estimate of drug-likeness (QED) is 0.0337. The second kappa shape index (κ2) is 28.2. The Bertz CT molecular complexity index is 745. The van der Waals surface area contributed by atoms with Gasteiger partial charge >= 0.3 is 19.8 Å². The Kier molecular flexibility index (Phi) is 27.6. The molecule has 0 aromatic heterocycles. The molecule has 2 atom stereocenters. The summed E-state index contributed by atoms with van der Waals surface area (Å²) in [5.41, 5.74) is 0. The third-order valence-electron chi connectivity index (χ3n) is 7.38. The fourth-order valence-corrected chi connectivity index (χ4v) is 5.34. The van der Waals surface area contributed by atoms with E-state index in [1.807, 2.05) is 21.1 Å². The molecule has 0 aromatic carbocycles. The molecule has 0 aliphatic rings. The first kappa shape index (κ1) is 43.0. The molecule has 0 aromatic rings. The minimum Gasteiger partial charge on any atom is -0.462 e. The SMILES string of the molecule is CCCCCCCCCCCCCCCC(=O)OCC(COP(=O)(O)OCC[N+](C)(C)C)OC(=O)CCCCCCCOC. The van der Waals surface area contributed by atoms with E-state index in [2.05, 4.69) is 6.92 Å². The van der Waals surface area contributed by atoms with Crippen LogP contribution in [-0.2, 0) is 37.4 Å². The van der Waals surface area contributed by atoms with Crippen LogP contribution in [0.1, 0.15) is 135 Å². The first-order valence-electron chi connectivity index (χ1n) is 17.3. The molecule has 0 spiro atoms. The van der Waals surface area contributed by atoms with E-state index in [1.165, 1.54) is 64.2 Å². The van der Waals surface area contributed by atoms with Crippen LogP contribution in [0.25, 0.3) is 0 Å². The number of quaternary nitrogens is 1. The summed E-state index contributed by atoms with van der Waals surface area (Å²) in [7, 11) is 3.14. The fourth-order valence-electron chi connectivity index (χ4n) is 4.60. The maximum absolute atomic E-state index is 12.4. The lowest BCUT2D eigenvalue weighted by atomic mass is 10.0. The Labute approximate surface area is 269 Å². The maximum Gasteiger partial charge on any atom is 0.472 e. The van der Waals surface area contributed by atoms with Crippen molar-refractivity contribution in [1.29, 1.82) is 0 Å². The summed E-state index contributed by atoms with van der Waals surface area (Å²) >= 11 is 0. The van der Waals surface area contributed by atoms with Crippen molar-refractivity contribution in [3.05, 3.63) is 0 Å². The van der Waals surface area contributed by atoms with Crippen LogP contribution in [0, 0.1) is 0 Å². The first-order chi connectivity index (χ1) is 21.0. The molecule has 2 unspecified atom stereocenters. The van der Waals surface area contributed by atoms with E-state index in [4.69, 9.17) is 23.3 Å². The lowest BCUT2D eigenvalue weighted by Gasteiger charge is -2.24. The highest BCUT2D eigenvalue weighted by atomic mass is 31.2. The van der Waals surface area contributed by atoms with Gasteiger partial charge in [0.25, 0.3) is 0 Å². The number of unbranched alkanes of at least 4 members (excludes halogenated alkanes) is 16. The number of rotatable bonds is 32. The van der Waals surface area contributed by atoms with Crippen LogP contribution in [0.2, 0.25) is 0 Å². The minimum absolute atomic E-state index is 0.0280. The average Bonchev–Trinajstić information content (AvgIpc) is 2.95. The lowest BCUT2D eigenvalue weighted by Crippen LogP contribution is -2.37. The zero-order valence-electron chi connectivity index (χ0n) is 28.9. The van der Waals surface area contributed by atoms with Crippen molar-refractivity contribution < 1.29 is 46.8 Å². The molecule has 0 bridgehead atoms. The molecule has 0 amide bonds. The van der Waals surface area contributed by atoms with E-state index in [1.54, 1.807) is 7.11 Å². The van der Waals surface area contributed by atoms with Gasteiger partial charge in [-0.05, 0) is 19.3 Å². The number of esters is 2. The van der Waals surface area contributed by atoms with Gasteiger partial charge in [-0.1, -0.05) is 103 Å². The zero-order valence-corrected chi connectivity index (χ0v) is 29.8. The Morgan fingerprint density at radius 1 is 0.659 bits per heavy atom. The number of phosphoric acid groups is 1. The second-order valence-corrected chi connectivity index (χ2v) is 14.4. The molecule has 44 heavy (non-hydrogen) atoms. The molecule has 0 aliphatic heterocycles. The standard InChI is InChI=1S/C33H66NO9P/c1-6-7-8-9-10-11-12-13-14-15-16-18-21-24-32(35)40-29-31(30-42-44(37,38)41-28-26-34(2,3)4)43-33(36)25-22-19-17-20-23-27-39-5/h31H,6-30H2,1-5H3/p+1. The molecular formula is C33H67NO9P+. The van der Waals surface area contributed by atoms with Crippen molar-refractivity contribution in [1.82, 2.24) is 0 Å². The molecule has 0 fully saturated rings. The Morgan fingerprint density at radius 3 is 1.64 bits per heavy atom. The number of carbonyl (C=O) groups excluding carboxylic acids is 2. The maximum atomic E-state index is 12.4. The van der Waals surface area contributed by atoms with Crippen LogP contribution in [-0.4, -0.2) is 88.6 Å². The number of hydrogen-bond donors (Lipinski definition) is 1. The van der Waals surface area contributed by atoms with Gasteiger partial charge in [0.2, 0.25) is 0 Å². The van der Waals surface area contributed by atoms with Crippen LogP contribution >= 0.6 is 7.82 Å². The van der Waals surface area contributed by atoms with Crippen LogP contribution in [0.3, 0.4) is 0 Å². The molecular weight excluding hydrogens is 585 g/mol. The Morgan fingerprint density at radius 2 is 1.14 bits per heavy atom. The number of methoxy groups -OCH3 is 1. The summed E-state index contributed by atoms with van der Waals surface area (Å²) < 4.78 is 38.9.